The molecule has 1 aromatic rings. The first-order valence-corrected chi connectivity index (χ1v) is 5.62. The Bertz CT molecular complexity index is 387. The predicted octanol–water partition coefficient (Wildman–Crippen LogP) is 2.60. The minimum atomic E-state index is -0.399. The molecule has 0 saturated heterocycles. The first-order valence-electron chi connectivity index (χ1n) is 5.62. The fourth-order valence-corrected chi connectivity index (χ4v) is 1.22. The molecule has 0 bridgehead atoms. The largest absolute Gasteiger partial charge is 0.504 e. The van der Waals surface area contributed by atoms with Gasteiger partial charge in [0, 0.05) is 0 Å². The van der Waals surface area contributed by atoms with Gasteiger partial charge >= 0.3 is 5.97 Å². The summed E-state index contributed by atoms with van der Waals surface area (Å²) in [5.74, 6) is 0.218. The number of rotatable bonds is 5. The number of benzene rings is 1. The van der Waals surface area contributed by atoms with Gasteiger partial charge in [0.25, 0.3) is 0 Å². The molecule has 0 aliphatic carbocycles. The number of carbonyl (C=O) groups excluding carboxylic acids is 1. The summed E-state index contributed by atoms with van der Waals surface area (Å²) >= 11 is 0. The van der Waals surface area contributed by atoms with Gasteiger partial charge in [-0.25, -0.2) is 4.79 Å². The first-order chi connectivity index (χ1) is 8.08. The molecule has 0 fully saturated rings. The van der Waals surface area contributed by atoms with Crippen LogP contribution in [0.25, 0.3) is 0 Å². The van der Waals surface area contributed by atoms with E-state index in [0.29, 0.717) is 18.1 Å². The van der Waals surface area contributed by atoms with Crippen molar-refractivity contribution in [3.05, 3.63) is 23.8 Å². The number of ether oxygens (including phenoxy) is 2. The van der Waals surface area contributed by atoms with Gasteiger partial charge in [-0.2, -0.15) is 0 Å². The van der Waals surface area contributed by atoms with Crippen molar-refractivity contribution in [1.82, 2.24) is 0 Å². The Labute approximate surface area is 101 Å². The molecule has 1 N–H and O–H groups in total. The van der Waals surface area contributed by atoms with Gasteiger partial charge in [0.15, 0.2) is 11.5 Å². The van der Waals surface area contributed by atoms with E-state index in [9.17, 15) is 9.90 Å². The maximum Gasteiger partial charge on any atom is 0.338 e. The molecule has 1 atom stereocenters. The minimum Gasteiger partial charge on any atom is -0.504 e. The zero-order valence-corrected chi connectivity index (χ0v) is 10.4. The number of aromatic hydroxyl groups is 1. The lowest BCUT2D eigenvalue weighted by atomic mass is 10.1. The van der Waals surface area contributed by atoms with Crippen molar-refractivity contribution in [3.63, 3.8) is 0 Å². The van der Waals surface area contributed by atoms with E-state index in [4.69, 9.17) is 9.47 Å². The maximum absolute atomic E-state index is 11.7. The highest BCUT2D eigenvalue weighted by Gasteiger charge is 2.12. The number of methoxy groups -OCH3 is 1. The fraction of sp³-hybridized carbons (Fsp3) is 0.462. The van der Waals surface area contributed by atoms with E-state index < -0.39 is 5.97 Å². The van der Waals surface area contributed by atoms with E-state index in [1.807, 2.05) is 13.8 Å². The highest BCUT2D eigenvalue weighted by atomic mass is 16.5. The van der Waals surface area contributed by atoms with Crippen LogP contribution in [-0.4, -0.2) is 24.8 Å². The normalized spacial score (nSPS) is 11.9. The van der Waals surface area contributed by atoms with Crippen molar-refractivity contribution >= 4 is 5.97 Å². The summed E-state index contributed by atoms with van der Waals surface area (Å²) < 4.78 is 10.1. The van der Waals surface area contributed by atoms with Crippen LogP contribution in [0.5, 0.6) is 11.5 Å². The molecule has 0 radical (unpaired) electrons. The molecule has 1 aromatic carbocycles. The van der Waals surface area contributed by atoms with E-state index in [2.05, 4.69) is 0 Å². The summed E-state index contributed by atoms with van der Waals surface area (Å²) in [5, 5.41) is 9.40. The third kappa shape index (κ3) is 3.66. The van der Waals surface area contributed by atoms with E-state index in [1.165, 1.54) is 25.3 Å². The summed E-state index contributed by atoms with van der Waals surface area (Å²) in [6.45, 7) is 4.46. The van der Waals surface area contributed by atoms with E-state index >= 15 is 0 Å². The Kier molecular flexibility index (Phi) is 4.82. The molecule has 4 nitrogen and oxygen atoms in total. The van der Waals surface area contributed by atoms with Gasteiger partial charge in [0.2, 0.25) is 0 Å². The van der Waals surface area contributed by atoms with Crippen molar-refractivity contribution in [3.8, 4) is 11.5 Å². The van der Waals surface area contributed by atoms with Gasteiger partial charge in [0.05, 0.1) is 19.3 Å². The van der Waals surface area contributed by atoms with Crippen LogP contribution in [0.3, 0.4) is 0 Å². The zero-order chi connectivity index (χ0) is 12.8. The number of hydrogen-bond donors (Lipinski definition) is 1. The molecule has 17 heavy (non-hydrogen) atoms. The fourth-order valence-electron chi connectivity index (χ4n) is 1.22. The van der Waals surface area contributed by atoms with Crippen LogP contribution in [0.2, 0.25) is 0 Å². The Morgan fingerprint density at radius 3 is 2.76 bits per heavy atom. The molecule has 0 heterocycles. The third-order valence-corrected chi connectivity index (χ3v) is 2.61. The predicted molar refractivity (Wildman–Crippen MR) is 64.4 cm³/mol. The van der Waals surface area contributed by atoms with Crippen molar-refractivity contribution in [2.75, 3.05) is 13.7 Å². The maximum atomic E-state index is 11.7. The molecule has 0 aliphatic heterocycles. The first kappa shape index (κ1) is 13.4. The number of phenols is 1. The quantitative estimate of drug-likeness (QED) is 0.801. The monoisotopic (exact) mass is 238 g/mol. The van der Waals surface area contributed by atoms with Gasteiger partial charge in [-0.05, 0) is 24.1 Å². The molecule has 4 heteroatoms. The highest BCUT2D eigenvalue weighted by Crippen LogP contribution is 2.26. The van der Waals surface area contributed by atoms with Crippen LogP contribution in [0.4, 0.5) is 0 Å². The number of esters is 1. The molecular weight excluding hydrogens is 220 g/mol. The standard InChI is InChI=1S/C13H18O4/c1-4-9(2)8-17-13(15)10-5-6-11(14)12(7-10)16-3/h5-7,9,14H,4,8H2,1-3H3. The molecule has 94 valence electrons. The topological polar surface area (TPSA) is 55.8 Å². The van der Waals surface area contributed by atoms with Crippen molar-refractivity contribution in [1.29, 1.82) is 0 Å². The highest BCUT2D eigenvalue weighted by molar-refractivity contribution is 5.90. The average Bonchev–Trinajstić information content (AvgIpc) is 2.35. The average molecular weight is 238 g/mol. The van der Waals surface area contributed by atoms with Gasteiger partial charge in [-0.3, -0.25) is 0 Å². The van der Waals surface area contributed by atoms with Crippen molar-refractivity contribution in [2.24, 2.45) is 5.92 Å². The molecule has 0 aliphatic rings. The van der Waals surface area contributed by atoms with Crippen molar-refractivity contribution in [2.45, 2.75) is 20.3 Å². The molecule has 0 spiro atoms. The minimum absolute atomic E-state index is 0.00553. The number of phenolic OH excluding ortho intramolecular Hbond substituents is 1. The molecule has 0 amide bonds. The summed E-state index contributed by atoms with van der Waals surface area (Å²) in [4.78, 5) is 11.7. The van der Waals surface area contributed by atoms with Crippen LogP contribution >= 0.6 is 0 Å². The summed E-state index contributed by atoms with van der Waals surface area (Å²) in [7, 11) is 1.43. The van der Waals surface area contributed by atoms with Crippen LogP contribution in [0, 0.1) is 5.92 Å². The Morgan fingerprint density at radius 2 is 2.18 bits per heavy atom. The lowest BCUT2D eigenvalue weighted by molar-refractivity contribution is 0.0446. The van der Waals surface area contributed by atoms with Gasteiger partial charge in [-0.1, -0.05) is 20.3 Å². The van der Waals surface area contributed by atoms with Crippen LogP contribution in [0.1, 0.15) is 30.6 Å². The lowest BCUT2D eigenvalue weighted by Gasteiger charge is -2.10. The SMILES string of the molecule is CCC(C)COC(=O)c1ccc(O)c(OC)c1. The van der Waals surface area contributed by atoms with E-state index in [0.717, 1.165) is 6.42 Å². The van der Waals surface area contributed by atoms with Gasteiger partial charge in [0.1, 0.15) is 0 Å². The van der Waals surface area contributed by atoms with Gasteiger partial charge < -0.3 is 14.6 Å². The zero-order valence-electron chi connectivity index (χ0n) is 10.4. The molecule has 1 unspecified atom stereocenters. The molecule has 1 rings (SSSR count). The second kappa shape index (κ2) is 6.13. The van der Waals surface area contributed by atoms with E-state index in [-0.39, 0.29) is 11.5 Å². The van der Waals surface area contributed by atoms with Gasteiger partial charge in [-0.15, -0.1) is 0 Å². The lowest BCUT2D eigenvalue weighted by Crippen LogP contribution is -2.11. The second-order valence-electron chi connectivity index (χ2n) is 4.00. The smallest absolute Gasteiger partial charge is 0.338 e. The number of hydrogen-bond acceptors (Lipinski definition) is 4. The molecular formula is C13H18O4. The molecule has 0 aromatic heterocycles. The number of carbonyl (C=O) groups is 1. The third-order valence-electron chi connectivity index (χ3n) is 2.61. The van der Waals surface area contributed by atoms with Crippen LogP contribution < -0.4 is 4.74 Å². The Balaban J connectivity index is 2.69. The Morgan fingerprint density at radius 1 is 1.47 bits per heavy atom. The van der Waals surface area contributed by atoms with Crippen molar-refractivity contribution < 1.29 is 19.4 Å². The molecule has 0 saturated carbocycles. The summed E-state index contributed by atoms with van der Waals surface area (Å²) in [5.41, 5.74) is 0.378. The second-order valence-corrected chi connectivity index (χ2v) is 4.00. The summed E-state index contributed by atoms with van der Waals surface area (Å²) in [6, 6.07) is 4.39. The summed E-state index contributed by atoms with van der Waals surface area (Å²) in [6.07, 6.45) is 0.964. The Hall–Kier alpha value is -1.71. The van der Waals surface area contributed by atoms with E-state index in [1.54, 1.807) is 0 Å². The van der Waals surface area contributed by atoms with Crippen LogP contribution in [-0.2, 0) is 4.74 Å². The van der Waals surface area contributed by atoms with Crippen LogP contribution in [0.15, 0.2) is 18.2 Å².